The Morgan fingerprint density at radius 2 is 1.91 bits per heavy atom. The molecule has 2 N–H and O–H groups in total. The molecule has 1 aliphatic heterocycles. The molecule has 4 aromatic rings. The van der Waals surface area contributed by atoms with Gasteiger partial charge in [0.05, 0.1) is 18.4 Å². The Morgan fingerprint density at radius 1 is 1.06 bits per heavy atom. The number of aliphatic hydroxyl groups is 2. The van der Waals surface area contributed by atoms with E-state index in [0.717, 1.165) is 72.4 Å². The number of fused-ring (bicyclic) bond motifs is 1. The molecule has 0 amide bonds. The molecule has 0 aliphatic carbocycles. The molecule has 170 valence electrons. The van der Waals surface area contributed by atoms with Crippen molar-refractivity contribution in [1.29, 1.82) is 0 Å². The average Bonchev–Trinajstić information content (AvgIpc) is 3.26. The van der Waals surface area contributed by atoms with Gasteiger partial charge in [-0.15, -0.1) is 0 Å². The first-order chi connectivity index (χ1) is 16.1. The van der Waals surface area contributed by atoms with Crippen LogP contribution >= 0.6 is 0 Å². The van der Waals surface area contributed by atoms with Crippen molar-refractivity contribution in [2.75, 3.05) is 19.6 Å². The van der Waals surface area contributed by atoms with Crippen molar-refractivity contribution in [2.45, 2.75) is 38.4 Å². The second-order valence-corrected chi connectivity index (χ2v) is 9.01. The summed E-state index contributed by atoms with van der Waals surface area (Å²) in [4.78, 5) is 7.06. The van der Waals surface area contributed by atoms with Gasteiger partial charge in [-0.2, -0.15) is 5.10 Å². The van der Waals surface area contributed by atoms with E-state index in [1.165, 1.54) is 5.56 Å². The van der Waals surface area contributed by atoms with Crippen molar-refractivity contribution in [3.05, 3.63) is 78.2 Å². The van der Waals surface area contributed by atoms with E-state index in [9.17, 15) is 10.2 Å². The predicted octanol–water partition coefficient (Wildman–Crippen LogP) is 4.12. The third-order valence-corrected chi connectivity index (χ3v) is 6.52. The number of β-amino-alcohol motifs (C(OH)–C–C–N with tert-alkyl or cyclic N) is 1. The highest BCUT2D eigenvalue weighted by molar-refractivity contribution is 5.78. The lowest BCUT2D eigenvalue weighted by Crippen LogP contribution is -2.39. The predicted molar refractivity (Wildman–Crippen MR) is 130 cm³/mol. The van der Waals surface area contributed by atoms with E-state index < -0.39 is 6.10 Å². The van der Waals surface area contributed by atoms with Crippen molar-refractivity contribution >= 4 is 5.65 Å². The molecule has 0 radical (unpaired) electrons. The number of benzene rings is 2. The smallest absolute Gasteiger partial charge is 0.162 e. The highest BCUT2D eigenvalue weighted by Gasteiger charge is 2.17. The summed E-state index contributed by atoms with van der Waals surface area (Å²) in [6.45, 7) is 4.62. The molecule has 1 aliphatic rings. The van der Waals surface area contributed by atoms with E-state index in [2.05, 4.69) is 34.3 Å². The van der Waals surface area contributed by atoms with Gasteiger partial charge in [-0.1, -0.05) is 42.5 Å². The summed E-state index contributed by atoms with van der Waals surface area (Å²) in [5.74, 6) is 0. The first kappa shape index (κ1) is 21.8. The molecule has 6 nitrogen and oxygen atoms in total. The van der Waals surface area contributed by atoms with Crippen LogP contribution in [0.25, 0.3) is 27.9 Å². The largest absolute Gasteiger partial charge is 0.392 e. The number of aromatic nitrogens is 3. The van der Waals surface area contributed by atoms with Crippen LogP contribution in [0.2, 0.25) is 0 Å². The van der Waals surface area contributed by atoms with Crippen LogP contribution in [0.1, 0.15) is 37.0 Å². The molecule has 0 spiro atoms. The van der Waals surface area contributed by atoms with E-state index in [1.54, 1.807) is 6.92 Å². The van der Waals surface area contributed by atoms with Gasteiger partial charge in [-0.3, -0.25) is 0 Å². The Kier molecular flexibility index (Phi) is 6.22. The van der Waals surface area contributed by atoms with Crippen LogP contribution in [-0.2, 0) is 6.42 Å². The minimum absolute atomic E-state index is 0.173. The summed E-state index contributed by atoms with van der Waals surface area (Å²) in [6, 6.07) is 16.5. The maximum absolute atomic E-state index is 9.90. The normalized spacial score (nSPS) is 18.0. The lowest BCUT2D eigenvalue weighted by atomic mass is 10.0. The first-order valence-corrected chi connectivity index (χ1v) is 11.7. The van der Waals surface area contributed by atoms with Gasteiger partial charge in [0.2, 0.25) is 0 Å². The summed E-state index contributed by atoms with van der Waals surface area (Å²) >= 11 is 0. The summed E-state index contributed by atoms with van der Waals surface area (Å²) in [6.07, 6.45) is 8.03. The van der Waals surface area contributed by atoms with E-state index in [1.807, 2.05) is 47.4 Å². The van der Waals surface area contributed by atoms with Crippen LogP contribution in [0, 0.1) is 0 Å². The van der Waals surface area contributed by atoms with Gasteiger partial charge in [-0.05, 0) is 61.1 Å². The number of nitrogens with zero attached hydrogens (tertiary/aromatic N) is 4. The van der Waals surface area contributed by atoms with Gasteiger partial charge >= 0.3 is 0 Å². The Bertz CT molecular complexity index is 1230. The van der Waals surface area contributed by atoms with Crippen LogP contribution in [-0.4, -0.2) is 55.4 Å². The zero-order chi connectivity index (χ0) is 22.8. The SMILES string of the molecule is CC(O)c1cccc(-c2cnn3cc(-c4ccc(CCN5CCCC(O)C5)cc4)cnc23)c1. The lowest BCUT2D eigenvalue weighted by Gasteiger charge is -2.29. The molecule has 0 bridgehead atoms. The Labute approximate surface area is 194 Å². The summed E-state index contributed by atoms with van der Waals surface area (Å²) in [7, 11) is 0. The highest BCUT2D eigenvalue weighted by Crippen LogP contribution is 2.28. The minimum atomic E-state index is -0.513. The second-order valence-electron chi connectivity index (χ2n) is 9.01. The van der Waals surface area contributed by atoms with E-state index in [0.29, 0.717) is 0 Å². The fourth-order valence-corrected chi connectivity index (χ4v) is 4.58. The zero-order valence-electron chi connectivity index (χ0n) is 18.9. The summed E-state index contributed by atoms with van der Waals surface area (Å²) < 4.78 is 1.81. The fourth-order valence-electron chi connectivity index (χ4n) is 4.58. The van der Waals surface area contributed by atoms with Crippen LogP contribution in [0.3, 0.4) is 0 Å². The average molecular weight is 443 g/mol. The summed E-state index contributed by atoms with van der Waals surface area (Å²) in [5.41, 5.74) is 7.03. The molecule has 2 aromatic carbocycles. The molecule has 2 unspecified atom stereocenters. The number of hydrogen-bond donors (Lipinski definition) is 2. The first-order valence-electron chi connectivity index (χ1n) is 11.7. The Morgan fingerprint density at radius 3 is 2.70 bits per heavy atom. The molecule has 1 saturated heterocycles. The Hall–Kier alpha value is -3.06. The van der Waals surface area contributed by atoms with Crippen LogP contribution < -0.4 is 0 Å². The number of hydrogen-bond acceptors (Lipinski definition) is 5. The van der Waals surface area contributed by atoms with Gasteiger partial charge in [-0.25, -0.2) is 9.50 Å². The third-order valence-electron chi connectivity index (χ3n) is 6.52. The molecule has 33 heavy (non-hydrogen) atoms. The van der Waals surface area contributed by atoms with Gasteiger partial charge < -0.3 is 15.1 Å². The molecule has 0 saturated carbocycles. The topological polar surface area (TPSA) is 73.9 Å². The number of piperidine rings is 1. The van der Waals surface area contributed by atoms with Crippen molar-refractivity contribution in [3.8, 4) is 22.3 Å². The number of aliphatic hydroxyl groups excluding tert-OH is 2. The third kappa shape index (κ3) is 4.83. The van der Waals surface area contributed by atoms with Crippen LogP contribution in [0.5, 0.6) is 0 Å². The fraction of sp³-hybridized carbons (Fsp3) is 0.333. The highest BCUT2D eigenvalue weighted by atomic mass is 16.3. The quantitative estimate of drug-likeness (QED) is 0.470. The minimum Gasteiger partial charge on any atom is -0.392 e. The second kappa shape index (κ2) is 9.43. The number of rotatable bonds is 6. The van der Waals surface area contributed by atoms with Gasteiger partial charge in [0.15, 0.2) is 5.65 Å². The molecule has 2 aromatic heterocycles. The van der Waals surface area contributed by atoms with Crippen molar-refractivity contribution in [2.24, 2.45) is 0 Å². The van der Waals surface area contributed by atoms with E-state index >= 15 is 0 Å². The van der Waals surface area contributed by atoms with Gasteiger partial charge in [0.1, 0.15) is 0 Å². The Balaban J connectivity index is 1.32. The van der Waals surface area contributed by atoms with Gasteiger partial charge in [0.25, 0.3) is 0 Å². The summed E-state index contributed by atoms with van der Waals surface area (Å²) in [5, 5.41) is 24.3. The molecule has 5 rings (SSSR count). The maximum Gasteiger partial charge on any atom is 0.162 e. The number of likely N-dealkylation sites (tertiary alicyclic amines) is 1. The zero-order valence-corrected chi connectivity index (χ0v) is 18.9. The van der Waals surface area contributed by atoms with Crippen molar-refractivity contribution in [3.63, 3.8) is 0 Å². The molecule has 1 fully saturated rings. The standard InChI is InChI=1S/C27H30N4O2/c1-19(32)22-4-2-5-23(14-22)26-16-29-31-17-24(15-28-27(26)31)21-9-7-20(8-10-21)11-13-30-12-3-6-25(33)18-30/h2,4-5,7-10,14-17,19,25,32-33H,3,6,11-13,18H2,1H3. The van der Waals surface area contributed by atoms with Gasteiger partial charge in [0, 0.05) is 36.6 Å². The van der Waals surface area contributed by atoms with E-state index in [4.69, 9.17) is 4.98 Å². The van der Waals surface area contributed by atoms with E-state index in [-0.39, 0.29) is 6.10 Å². The molecule has 2 atom stereocenters. The lowest BCUT2D eigenvalue weighted by molar-refractivity contribution is 0.0714. The van der Waals surface area contributed by atoms with Crippen molar-refractivity contribution < 1.29 is 10.2 Å². The van der Waals surface area contributed by atoms with Crippen molar-refractivity contribution in [1.82, 2.24) is 19.5 Å². The molecule has 6 heteroatoms. The maximum atomic E-state index is 9.90. The molecular weight excluding hydrogens is 412 g/mol. The molecule has 3 heterocycles. The van der Waals surface area contributed by atoms with Crippen LogP contribution in [0.15, 0.2) is 67.1 Å². The van der Waals surface area contributed by atoms with Crippen LogP contribution in [0.4, 0.5) is 0 Å². The monoisotopic (exact) mass is 442 g/mol. The molecular formula is C27H30N4O2.